The number of hydrogen-bond acceptors (Lipinski definition) is 3. The summed E-state index contributed by atoms with van der Waals surface area (Å²) < 4.78 is 0. The van der Waals surface area contributed by atoms with E-state index in [1.54, 1.807) is 0 Å². The number of aromatic amines is 1. The predicted molar refractivity (Wildman–Crippen MR) is 86.8 cm³/mol. The minimum absolute atomic E-state index is 0.150. The number of para-hydroxylation sites is 1. The van der Waals surface area contributed by atoms with Crippen LogP contribution in [0, 0.1) is 0 Å². The monoisotopic (exact) mass is 302 g/mol. The molecule has 1 unspecified atom stereocenters. The fourth-order valence-corrected chi connectivity index (χ4v) is 2.38. The van der Waals surface area contributed by atoms with Gasteiger partial charge in [0, 0.05) is 24.0 Å². The van der Waals surface area contributed by atoms with E-state index in [4.69, 9.17) is 0 Å². The number of hydrogen-bond donors (Lipinski definition) is 3. The first-order valence-electron chi connectivity index (χ1n) is 7.66. The van der Waals surface area contributed by atoms with Crippen molar-refractivity contribution in [3.8, 4) is 0 Å². The second kappa shape index (κ2) is 7.75. The Balaban J connectivity index is 1.92. The van der Waals surface area contributed by atoms with E-state index in [-0.39, 0.29) is 24.4 Å². The highest BCUT2D eigenvalue weighted by Gasteiger charge is 2.08. The lowest BCUT2D eigenvalue weighted by Crippen LogP contribution is -2.32. The summed E-state index contributed by atoms with van der Waals surface area (Å²) in [6.07, 6.45) is 1.67. The summed E-state index contributed by atoms with van der Waals surface area (Å²) in [7, 11) is 0. The van der Waals surface area contributed by atoms with Gasteiger partial charge < -0.3 is 15.4 Å². The molecule has 1 heterocycles. The first kappa shape index (κ1) is 16.2. The minimum atomic E-state index is -0.502. The summed E-state index contributed by atoms with van der Waals surface area (Å²) >= 11 is 0. The van der Waals surface area contributed by atoms with Crippen molar-refractivity contribution in [3.63, 3.8) is 0 Å². The number of fused-ring (bicyclic) bond motifs is 1. The standard InChI is InChI=1S/C17H22N2O3/c1-2-5-14(20)11-18-16(21)9-8-13-10-12-6-3-4-7-15(12)19-17(13)22/h3-4,6-7,10,14,20H,2,5,8-9,11H2,1H3,(H,18,21)(H,19,22). The van der Waals surface area contributed by atoms with Crippen LogP contribution in [0.2, 0.25) is 0 Å². The van der Waals surface area contributed by atoms with Gasteiger partial charge in [-0.15, -0.1) is 0 Å². The van der Waals surface area contributed by atoms with E-state index in [1.165, 1.54) is 0 Å². The Morgan fingerprint density at radius 3 is 2.91 bits per heavy atom. The van der Waals surface area contributed by atoms with Crippen LogP contribution in [0.25, 0.3) is 10.9 Å². The van der Waals surface area contributed by atoms with Crippen molar-refractivity contribution in [3.05, 3.63) is 46.2 Å². The number of aliphatic hydroxyl groups is 1. The number of benzene rings is 1. The van der Waals surface area contributed by atoms with Gasteiger partial charge in [-0.2, -0.15) is 0 Å². The summed E-state index contributed by atoms with van der Waals surface area (Å²) in [6, 6.07) is 9.38. The number of pyridine rings is 1. The van der Waals surface area contributed by atoms with E-state index in [9.17, 15) is 14.7 Å². The molecule has 5 nitrogen and oxygen atoms in total. The van der Waals surface area contributed by atoms with Gasteiger partial charge in [0.1, 0.15) is 0 Å². The number of amides is 1. The van der Waals surface area contributed by atoms with Gasteiger partial charge >= 0.3 is 0 Å². The third kappa shape index (κ3) is 4.43. The van der Waals surface area contributed by atoms with E-state index in [0.717, 1.165) is 17.3 Å². The molecule has 118 valence electrons. The molecule has 2 rings (SSSR count). The molecule has 0 bridgehead atoms. The summed E-state index contributed by atoms with van der Waals surface area (Å²) in [5.41, 5.74) is 1.24. The summed E-state index contributed by atoms with van der Waals surface area (Å²) in [4.78, 5) is 26.6. The maximum Gasteiger partial charge on any atom is 0.251 e. The topological polar surface area (TPSA) is 82.2 Å². The van der Waals surface area contributed by atoms with Crippen molar-refractivity contribution in [2.45, 2.75) is 38.7 Å². The van der Waals surface area contributed by atoms with E-state index in [2.05, 4.69) is 10.3 Å². The number of aromatic nitrogens is 1. The van der Waals surface area contributed by atoms with Crippen molar-refractivity contribution >= 4 is 16.8 Å². The third-order valence-corrected chi connectivity index (χ3v) is 3.61. The number of carbonyl (C=O) groups is 1. The minimum Gasteiger partial charge on any atom is -0.391 e. The lowest BCUT2D eigenvalue weighted by atomic mass is 10.1. The van der Waals surface area contributed by atoms with Gasteiger partial charge in [0.2, 0.25) is 5.91 Å². The van der Waals surface area contributed by atoms with Crippen LogP contribution >= 0.6 is 0 Å². The van der Waals surface area contributed by atoms with Gasteiger partial charge in [-0.25, -0.2) is 0 Å². The molecule has 0 aliphatic carbocycles. The zero-order chi connectivity index (χ0) is 15.9. The number of aliphatic hydroxyl groups excluding tert-OH is 1. The molecule has 1 amide bonds. The van der Waals surface area contributed by atoms with Crippen molar-refractivity contribution in [1.82, 2.24) is 10.3 Å². The van der Waals surface area contributed by atoms with E-state index < -0.39 is 6.10 Å². The Kier molecular flexibility index (Phi) is 5.72. The van der Waals surface area contributed by atoms with Crippen LogP contribution < -0.4 is 10.9 Å². The molecular formula is C17H22N2O3. The summed E-state index contributed by atoms with van der Waals surface area (Å²) in [5.74, 6) is -0.150. The molecule has 0 spiro atoms. The molecule has 0 saturated carbocycles. The Bertz CT molecular complexity index is 694. The van der Waals surface area contributed by atoms with Crippen LogP contribution in [0.3, 0.4) is 0 Å². The number of nitrogens with one attached hydrogen (secondary N) is 2. The van der Waals surface area contributed by atoms with Gasteiger partial charge in [-0.1, -0.05) is 31.5 Å². The van der Waals surface area contributed by atoms with Crippen LogP contribution in [0.4, 0.5) is 0 Å². The summed E-state index contributed by atoms with van der Waals surface area (Å²) in [6.45, 7) is 2.25. The van der Waals surface area contributed by atoms with Crippen LogP contribution in [0.15, 0.2) is 35.1 Å². The van der Waals surface area contributed by atoms with Gasteiger partial charge in [0.15, 0.2) is 0 Å². The molecule has 1 atom stereocenters. The highest BCUT2D eigenvalue weighted by Crippen LogP contribution is 2.11. The average molecular weight is 302 g/mol. The molecule has 5 heteroatoms. The molecule has 1 aromatic heterocycles. The molecule has 0 fully saturated rings. The first-order chi connectivity index (χ1) is 10.6. The highest BCUT2D eigenvalue weighted by atomic mass is 16.3. The lowest BCUT2D eigenvalue weighted by Gasteiger charge is -2.10. The lowest BCUT2D eigenvalue weighted by molar-refractivity contribution is -0.121. The number of rotatable bonds is 7. The predicted octanol–water partition coefficient (Wildman–Crippen LogP) is 1.74. The van der Waals surface area contributed by atoms with E-state index in [0.29, 0.717) is 18.4 Å². The average Bonchev–Trinajstić information content (AvgIpc) is 2.51. The molecule has 0 aliphatic rings. The largest absolute Gasteiger partial charge is 0.391 e. The van der Waals surface area contributed by atoms with Crippen molar-refractivity contribution in [1.29, 1.82) is 0 Å². The normalized spacial score (nSPS) is 12.3. The van der Waals surface area contributed by atoms with Crippen LogP contribution in [-0.2, 0) is 11.2 Å². The number of aryl methyl sites for hydroxylation is 1. The summed E-state index contributed by atoms with van der Waals surface area (Å²) in [5, 5.41) is 13.2. The van der Waals surface area contributed by atoms with Crippen LogP contribution in [0.1, 0.15) is 31.7 Å². The van der Waals surface area contributed by atoms with E-state index >= 15 is 0 Å². The number of carbonyl (C=O) groups excluding carboxylic acids is 1. The van der Waals surface area contributed by atoms with Crippen LogP contribution in [0.5, 0.6) is 0 Å². The SMILES string of the molecule is CCCC(O)CNC(=O)CCc1cc2ccccc2[nH]c1=O. The van der Waals surface area contributed by atoms with Gasteiger partial charge in [-0.05, 0) is 30.4 Å². The zero-order valence-electron chi connectivity index (χ0n) is 12.8. The smallest absolute Gasteiger partial charge is 0.251 e. The number of H-pyrrole nitrogens is 1. The Morgan fingerprint density at radius 2 is 2.14 bits per heavy atom. The van der Waals surface area contributed by atoms with Crippen molar-refractivity contribution < 1.29 is 9.90 Å². The molecule has 1 aromatic carbocycles. The van der Waals surface area contributed by atoms with Gasteiger partial charge in [0.05, 0.1) is 6.10 Å². The van der Waals surface area contributed by atoms with Crippen LogP contribution in [-0.4, -0.2) is 28.6 Å². The molecule has 2 aromatic rings. The highest BCUT2D eigenvalue weighted by molar-refractivity contribution is 5.79. The fourth-order valence-electron chi connectivity index (χ4n) is 2.38. The second-order valence-electron chi connectivity index (χ2n) is 5.46. The third-order valence-electron chi connectivity index (χ3n) is 3.61. The zero-order valence-corrected chi connectivity index (χ0v) is 12.8. The molecule has 22 heavy (non-hydrogen) atoms. The quantitative estimate of drug-likeness (QED) is 0.728. The molecule has 0 radical (unpaired) electrons. The molecule has 0 aliphatic heterocycles. The van der Waals surface area contributed by atoms with Crippen molar-refractivity contribution in [2.24, 2.45) is 0 Å². The maximum atomic E-state index is 12.0. The first-order valence-corrected chi connectivity index (χ1v) is 7.66. The van der Waals surface area contributed by atoms with Crippen molar-refractivity contribution in [2.75, 3.05) is 6.54 Å². The second-order valence-corrected chi connectivity index (χ2v) is 5.46. The van der Waals surface area contributed by atoms with Gasteiger partial charge in [-0.3, -0.25) is 9.59 Å². The fraction of sp³-hybridized carbons (Fsp3) is 0.412. The Labute approximate surface area is 129 Å². The maximum absolute atomic E-state index is 12.0. The molecule has 0 saturated heterocycles. The molecular weight excluding hydrogens is 280 g/mol. The van der Waals surface area contributed by atoms with Gasteiger partial charge in [0.25, 0.3) is 5.56 Å². The van der Waals surface area contributed by atoms with E-state index in [1.807, 2.05) is 37.3 Å². The Hall–Kier alpha value is -2.14. The Morgan fingerprint density at radius 1 is 1.36 bits per heavy atom. The molecule has 3 N–H and O–H groups in total.